The second-order valence-electron chi connectivity index (χ2n) is 6.81. The van der Waals surface area contributed by atoms with E-state index in [4.69, 9.17) is 0 Å². The highest BCUT2D eigenvalue weighted by molar-refractivity contribution is 5.88. The van der Waals surface area contributed by atoms with Crippen LogP contribution in [0, 0.1) is 11.8 Å². The summed E-state index contributed by atoms with van der Waals surface area (Å²) in [6.07, 6.45) is 3.88. The Kier molecular flexibility index (Phi) is 5.40. The molecule has 2 rings (SSSR count). The summed E-state index contributed by atoms with van der Waals surface area (Å²) in [4.78, 5) is 11.2. The van der Waals surface area contributed by atoms with Crippen LogP contribution in [0.4, 0.5) is 5.69 Å². The molecule has 3 atom stereocenters. The van der Waals surface area contributed by atoms with Gasteiger partial charge >= 0.3 is 0 Å². The Hall–Kier alpha value is -1.35. The average Bonchev–Trinajstić information content (AvgIpc) is 2.36. The maximum absolute atomic E-state index is 11.2. The first-order valence-electron chi connectivity index (χ1n) is 8.07. The Balaban J connectivity index is 1.99. The topological polar surface area (TPSA) is 41.1 Å². The van der Waals surface area contributed by atoms with E-state index in [-0.39, 0.29) is 5.91 Å². The van der Waals surface area contributed by atoms with E-state index < -0.39 is 0 Å². The number of amides is 1. The molecule has 1 aromatic rings. The van der Waals surface area contributed by atoms with Gasteiger partial charge in [-0.1, -0.05) is 26.0 Å². The van der Waals surface area contributed by atoms with Crippen molar-refractivity contribution in [2.24, 2.45) is 11.8 Å². The minimum atomic E-state index is -0.0253. The summed E-state index contributed by atoms with van der Waals surface area (Å²) >= 11 is 0. The predicted octanol–water partition coefficient (Wildman–Crippen LogP) is 4.12. The Morgan fingerprint density at radius 2 is 1.86 bits per heavy atom. The molecule has 0 radical (unpaired) electrons. The molecule has 1 amide bonds. The van der Waals surface area contributed by atoms with Crippen molar-refractivity contribution in [3.05, 3.63) is 29.8 Å². The van der Waals surface area contributed by atoms with Gasteiger partial charge in [0.25, 0.3) is 0 Å². The molecule has 2 N–H and O–H groups in total. The molecule has 3 unspecified atom stereocenters. The maximum Gasteiger partial charge on any atom is 0.221 e. The highest BCUT2D eigenvalue weighted by Crippen LogP contribution is 2.30. The van der Waals surface area contributed by atoms with Gasteiger partial charge in [0.2, 0.25) is 5.91 Å². The van der Waals surface area contributed by atoms with Crippen LogP contribution in [0.3, 0.4) is 0 Å². The fraction of sp³-hybridized carbons (Fsp3) is 0.611. The number of rotatable bonds is 4. The normalized spacial score (nSPS) is 27.1. The van der Waals surface area contributed by atoms with E-state index in [1.807, 2.05) is 12.1 Å². The number of hydrogen-bond acceptors (Lipinski definition) is 2. The molecule has 1 aromatic carbocycles. The molecule has 0 spiro atoms. The molecule has 1 aliphatic carbocycles. The first kappa shape index (κ1) is 16.0. The van der Waals surface area contributed by atoms with Crippen molar-refractivity contribution in [1.29, 1.82) is 0 Å². The van der Waals surface area contributed by atoms with Crippen LogP contribution in [-0.2, 0) is 4.79 Å². The summed E-state index contributed by atoms with van der Waals surface area (Å²) in [6, 6.07) is 9.03. The van der Waals surface area contributed by atoms with Crippen LogP contribution in [0.25, 0.3) is 0 Å². The standard InChI is InChI=1S/C18H28N2O/c1-12-8-13(2)10-18(9-12)19-14(3)16-6-5-7-17(11-16)20-15(4)21/h5-7,11-14,18-19H,8-10H2,1-4H3,(H,20,21). The van der Waals surface area contributed by atoms with Crippen LogP contribution in [0.5, 0.6) is 0 Å². The molecule has 21 heavy (non-hydrogen) atoms. The lowest BCUT2D eigenvalue weighted by molar-refractivity contribution is -0.114. The third kappa shape index (κ3) is 4.85. The first-order chi connectivity index (χ1) is 9.94. The number of carbonyl (C=O) groups is 1. The molecule has 116 valence electrons. The SMILES string of the molecule is CC(=O)Nc1cccc(C(C)NC2CC(C)CC(C)C2)c1. The fourth-order valence-electron chi connectivity index (χ4n) is 3.62. The number of carbonyl (C=O) groups excluding carboxylic acids is 1. The van der Waals surface area contributed by atoms with Crippen molar-refractivity contribution in [2.45, 2.75) is 59.0 Å². The largest absolute Gasteiger partial charge is 0.326 e. The molecule has 1 aliphatic rings. The van der Waals surface area contributed by atoms with Crippen molar-refractivity contribution in [2.75, 3.05) is 5.32 Å². The quantitative estimate of drug-likeness (QED) is 0.875. The van der Waals surface area contributed by atoms with Gasteiger partial charge in [-0.15, -0.1) is 0 Å². The smallest absolute Gasteiger partial charge is 0.221 e. The van der Waals surface area contributed by atoms with Gasteiger partial charge in [0.15, 0.2) is 0 Å². The lowest BCUT2D eigenvalue weighted by atomic mass is 9.80. The second-order valence-corrected chi connectivity index (χ2v) is 6.81. The summed E-state index contributed by atoms with van der Waals surface area (Å²) in [7, 11) is 0. The summed E-state index contributed by atoms with van der Waals surface area (Å²) in [5, 5.41) is 6.61. The van der Waals surface area contributed by atoms with Gasteiger partial charge in [-0.2, -0.15) is 0 Å². The molecule has 0 aromatic heterocycles. The van der Waals surface area contributed by atoms with Crippen LogP contribution in [0.15, 0.2) is 24.3 Å². The molecule has 3 heteroatoms. The van der Waals surface area contributed by atoms with Crippen LogP contribution in [0.1, 0.15) is 58.6 Å². The number of nitrogens with one attached hydrogen (secondary N) is 2. The van der Waals surface area contributed by atoms with Gasteiger partial charge in [-0.25, -0.2) is 0 Å². The minimum absolute atomic E-state index is 0.0253. The average molecular weight is 288 g/mol. The fourth-order valence-corrected chi connectivity index (χ4v) is 3.62. The van der Waals surface area contributed by atoms with E-state index in [1.165, 1.54) is 24.8 Å². The van der Waals surface area contributed by atoms with Crippen molar-refractivity contribution in [1.82, 2.24) is 5.32 Å². The van der Waals surface area contributed by atoms with Crippen LogP contribution < -0.4 is 10.6 Å². The molecule has 3 nitrogen and oxygen atoms in total. The molecular weight excluding hydrogens is 260 g/mol. The van der Waals surface area contributed by atoms with Gasteiger partial charge < -0.3 is 10.6 Å². The molecule has 0 aliphatic heterocycles. The summed E-state index contributed by atoms with van der Waals surface area (Å²) in [5.41, 5.74) is 2.10. The van der Waals surface area contributed by atoms with Crippen molar-refractivity contribution >= 4 is 11.6 Å². The second kappa shape index (κ2) is 7.08. The van der Waals surface area contributed by atoms with Gasteiger partial charge in [0.05, 0.1) is 0 Å². The van der Waals surface area contributed by atoms with Crippen molar-refractivity contribution in [3.8, 4) is 0 Å². The molecule has 1 fully saturated rings. The summed E-state index contributed by atoms with van der Waals surface area (Å²) in [6.45, 7) is 8.45. The molecule has 0 heterocycles. The summed E-state index contributed by atoms with van der Waals surface area (Å²) < 4.78 is 0. The van der Waals surface area contributed by atoms with Crippen molar-refractivity contribution in [3.63, 3.8) is 0 Å². The Labute approximate surface area is 128 Å². The van der Waals surface area contributed by atoms with E-state index in [9.17, 15) is 4.79 Å². The third-order valence-electron chi connectivity index (χ3n) is 4.37. The summed E-state index contributed by atoms with van der Waals surface area (Å²) in [5.74, 6) is 1.59. The zero-order chi connectivity index (χ0) is 15.4. The molecule has 0 saturated heterocycles. The first-order valence-corrected chi connectivity index (χ1v) is 8.07. The zero-order valence-corrected chi connectivity index (χ0v) is 13.6. The third-order valence-corrected chi connectivity index (χ3v) is 4.37. The van der Waals surface area contributed by atoms with Gasteiger partial charge in [0, 0.05) is 24.7 Å². The molecule has 1 saturated carbocycles. The highest BCUT2D eigenvalue weighted by atomic mass is 16.1. The van der Waals surface area contributed by atoms with E-state index in [2.05, 4.69) is 43.5 Å². The maximum atomic E-state index is 11.2. The number of hydrogen-bond donors (Lipinski definition) is 2. The van der Waals surface area contributed by atoms with E-state index in [0.29, 0.717) is 12.1 Å². The lowest BCUT2D eigenvalue weighted by Crippen LogP contribution is -2.37. The molecule has 0 bridgehead atoms. The van der Waals surface area contributed by atoms with E-state index in [0.717, 1.165) is 17.5 Å². The number of benzene rings is 1. The Morgan fingerprint density at radius 3 is 2.48 bits per heavy atom. The van der Waals surface area contributed by atoms with Gasteiger partial charge in [-0.05, 0) is 55.7 Å². The number of anilines is 1. The monoisotopic (exact) mass is 288 g/mol. The Bertz CT molecular complexity index is 476. The zero-order valence-electron chi connectivity index (χ0n) is 13.6. The molecular formula is C18H28N2O. The van der Waals surface area contributed by atoms with E-state index >= 15 is 0 Å². The van der Waals surface area contributed by atoms with Crippen LogP contribution >= 0.6 is 0 Å². The minimum Gasteiger partial charge on any atom is -0.326 e. The van der Waals surface area contributed by atoms with Crippen LogP contribution in [0.2, 0.25) is 0 Å². The van der Waals surface area contributed by atoms with Crippen molar-refractivity contribution < 1.29 is 4.79 Å². The predicted molar refractivity (Wildman–Crippen MR) is 88.3 cm³/mol. The Morgan fingerprint density at radius 1 is 1.19 bits per heavy atom. The van der Waals surface area contributed by atoms with Crippen LogP contribution in [-0.4, -0.2) is 11.9 Å². The lowest BCUT2D eigenvalue weighted by Gasteiger charge is -2.34. The van der Waals surface area contributed by atoms with Gasteiger partial charge in [0.1, 0.15) is 0 Å². The van der Waals surface area contributed by atoms with E-state index in [1.54, 1.807) is 6.92 Å². The highest BCUT2D eigenvalue weighted by Gasteiger charge is 2.24. The van der Waals surface area contributed by atoms with Gasteiger partial charge in [-0.3, -0.25) is 4.79 Å².